The van der Waals surface area contributed by atoms with Crippen LogP contribution in [0.25, 0.3) is 10.2 Å². The molecule has 150 valence electrons. The molecule has 1 aliphatic heterocycles. The maximum absolute atomic E-state index is 14.0. The van der Waals surface area contributed by atoms with Gasteiger partial charge in [0.05, 0.1) is 24.1 Å². The largest absolute Gasteiger partial charge is 0.379 e. The number of fused-ring (bicyclic) bond motifs is 1. The predicted octanol–water partition coefficient (Wildman–Crippen LogP) is 2.96. The molecule has 0 aliphatic carbocycles. The minimum Gasteiger partial charge on any atom is -0.379 e. The standard InChI is InChI=1S/C17H16F2N4O3S.ClH/c18-11-9-12(19)15-14(10-11)27-17(21-15)23(16(24)13-1-2-20-26-13)4-3-22-5-7-25-8-6-22;/h1-2,9-10H,3-8H2;1H. The summed E-state index contributed by atoms with van der Waals surface area (Å²) in [5, 5.41) is 3.84. The van der Waals surface area contributed by atoms with Gasteiger partial charge in [0.2, 0.25) is 5.76 Å². The Morgan fingerprint density at radius 2 is 2.07 bits per heavy atom. The number of ether oxygens (including phenoxy) is 1. The summed E-state index contributed by atoms with van der Waals surface area (Å²) in [7, 11) is 0. The number of morpholine rings is 1. The molecule has 4 rings (SSSR count). The van der Waals surface area contributed by atoms with Crippen molar-refractivity contribution in [3.63, 3.8) is 0 Å². The van der Waals surface area contributed by atoms with Crippen LogP contribution in [0.3, 0.4) is 0 Å². The lowest BCUT2D eigenvalue weighted by molar-refractivity contribution is 0.0390. The first-order chi connectivity index (χ1) is 13.1. The van der Waals surface area contributed by atoms with E-state index in [9.17, 15) is 13.6 Å². The van der Waals surface area contributed by atoms with Gasteiger partial charge in [0.15, 0.2) is 10.9 Å². The van der Waals surface area contributed by atoms with Crippen LogP contribution in [0.1, 0.15) is 10.6 Å². The Balaban J connectivity index is 0.00000225. The molecule has 7 nitrogen and oxygen atoms in total. The summed E-state index contributed by atoms with van der Waals surface area (Å²) in [6.45, 7) is 3.73. The van der Waals surface area contributed by atoms with Crippen molar-refractivity contribution in [2.75, 3.05) is 44.3 Å². The van der Waals surface area contributed by atoms with Gasteiger partial charge >= 0.3 is 0 Å². The zero-order chi connectivity index (χ0) is 18.8. The molecule has 0 spiro atoms. The van der Waals surface area contributed by atoms with Crippen molar-refractivity contribution < 1.29 is 22.8 Å². The molecule has 28 heavy (non-hydrogen) atoms. The van der Waals surface area contributed by atoms with E-state index in [-0.39, 0.29) is 28.8 Å². The minimum absolute atomic E-state index is 0. The van der Waals surface area contributed by atoms with Gasteiger partial charge in [0.25, 0.3) is 5.91 Å². The number of hydrogen-bond acceptors (Lipinski definition) is 7. The molecule has 11 heteroatoms. The van der Waals surface area contributed by atoms with E-state index in [4.69, 9.17) is 9.26 Å². The van der Waals surface area contributed by atoms with Gasteiger partial charge in [-0.05, 0) is 6.07 Å². The molecule has 0 N–H and O–H groups in total. The summed E-state index contributed by atoms with van der Waals surface area (Å²) >= 11 is 1.05. The lowest BCUT2D eigenvalue weighted by atomic mass is 10.3. The molecule has 1 aliphatic rings. The molecule has 3 aromatic rings. The fraction of sp³-hybridized carbons (Fsp3) is 0.353. The van der Waals surface area contributed by atoms with E-state index in [0.29, 0.717) is 31.0 Å². The normalized spacial score (nSPS) is 14.8. The number of nitrogens with zero attached hydrogens (tertiary/aromatic N) is 4. The van der Waals surface area contributed by atoms with Crippen LogP contribution in [-0.4, -0.2) is 60.3 Å². The van der Waals surface area contributed by atoms with Crippen molar-refractivity contribution in [2.45, 2.75) is 0 Å². The molecule has 0 atom stereocenters. The van der Waals surface area contributed by atoms with Crippen LogP contribution in [0.2, 0.25) is 0 Å². The van der Waals surface area contributed by atoms with E-state index in [1.54, 1.807) is 0 Å². The lowest BCUT2D eigenvalue weighted by Crippen LogP contribution is -2.43. The molecule has 0 bridgehead atoms. The molecule has 1 aromatic carbocycles. The zero-order valence-electron chi connectivity index (χ0n) is 14.6. The highest BCUT2D eigenvalue weighted by atomic mass is 35.5. The van der Waals surface area contributed by atoms with Crippen molar-refractivity contribution >= 4 is 45.0 Å². The van der Waals surface area contributed by atoms with E-state index < -0.39 is 17.5 Å². The fourth-order valence-corrected chi connectivity index (χ4v) is 3.90. The van der Waals surface area contributed by atoms with Gasteiger partial charge in [-0.15, -0.1) is 12.4 Å². The Morgan fingerprint density at radius 1 is 1.29 bits per heavy atom. The van der Waals surface area contributed by atoms with Crippen LogP contribution in [0.15, 0.2) is 28.9 Å². The Morgan fingerprint density at radius 3 is 2.79 bits per heavy atom. The van der Waals surface area contributed by atoms with Crippen molar-refractivity contribution in [1.29, 1.82) is 0 Å². The van der Waals surface area contributed by atoms with Crippen molar-refractivity contribution in [1.82, 2.24) is 15.0 Å². The summed E-state index contributed by atoms with van der Waals surface area (Å²) in [4.78, 5) is 20.7. The number of rotatable bonds is 5. The van der Waals surface area contributed by atoms with Crippen molar-refractivity contribution in [3.8, 4) is 0 Å². The molecule has 0 unspecified atom stereocenters. The van der Waals surface area contributed by atoms with Crippen LogP contribution < -0.4 is 4.90 Å². The first kappa shape index (κ1) is 20.6. The van der Waals surface area contributed by atoms with E-state index in [2.05, 4.69) is 15.0 Å². The SMILES string of the molecule is Cl.O=C(c1ccno1)N(CCN1CCOCC1)c1nc2c(F)cc(F)cc2s1. The van der Waals surface area contributed by atoms with E-state index in [0.717, 1.165) is 30.5 Å². The molecule has 1 fully saturated rings. The number of hydrogen-bond donors (Lipinski definition) is 0. The third-order valence-corrected chi connectivity index (χ3v) is 5.30. The zero-order valence-corrected chi connectivity index (χ0v) is 16.3. The lowest BCUT2D eigenvalue weighted by Gasteiger charge is -2.28. The topological polar surface area (TPSA) is 71.7 Å². The summed E-state index contributed by atoms with van der Waals surface area (Å²) in [5.41, 5.74) is 0.0399. The Hall–Kier alpha value is -2.14. The van der Waals surface area contributed by atoms with Gasteiger partial charge in [-0.2, -0.15) is 0 Å². The first-order valence-corrected chi connectivity index (χ1v) is 9.22. The average Bonchev–Trinajstić information content (AvgIpc) is 3.32. The van der Waals surface area contributed by atoms with Gasteiger partial charge in [-0.1, -0.05) is 16.5 Å². The highest BCUT2D eigenvalue weighted by Gasteiger charge is 2.25. The quantitative estimate of drug-likeness (QED) is 0.619. The number of amides is 1. The van der Waals surface area contributed by atoms with Gasteiger partial charge in [0, 0.05) is 38.3 Å². The number of carbonyl (C=O) groups is 1. The molecule has 1 saturated heterocycles. The maximum Gasteiger partial charge on any atom is 0.298 e. The van der Waals surface area contributed by atoms with E-state index >= 15 is 0 Å². The van der Waals surface area contributed by atoms with Gasteiger partial charge in [-0.25, -0.2) is 13.8 Å². The molecule has 2 aromatic heterocycles. The Labute approximate surface area is 169 Å². The number of anilines is 1. The van der Waals surface area contributed by atoms with Crippen LogP contribution in [0, 0.1) is 11.6 Å². The number of benzene rings is 1. The highest BCUT2D eigenvalue weighted by Crippen LogP contribution is 2.31. The fourth-order valence-electron chi connectivity index (χ4n) is 2.87. The monoisotopic (exact) mass is 430 g/mol. The van der Waals surface area contributed by atoms with Crippen LogP contribution in [0.5, 0.6) is 0 Å². The second-order valence-electron chi connectivity index (χ2n) is 6.02. The van der Waals surface area contributed by atoms with Gasteiger partial charge in [-0.3, -0.25) is 14.6 Å². The first-order valence-electron chi connectivity index (χ1n) is 8.40. The Bertz CT molecular complexity index is 947. The summed E-state index contributed by atoms with van der Waals surface area (Å²) in [6, 6.07) is 3.44. The summed E-state index contributed by atoms with van der Waals surface area (Å²) < 4.78 is 38.2. The second kappa shape index (κ2) is 8.91. The molecule has 1 amide bonds. The number of carbonyl (C=O) groups excluding carboxylic acids is 1. The van der Waals surface area contributed by atoms with Crippen LogP contribution >= 0.6 is 23.7 Å². The third-order valence-electron chi connectivity index (χ3n) is 4.27. The minimum atomic E-state index is -0.757. The number of thiazole rings is 1. The predicted molar refractivity (Wildman–Crippen MR) is 102 cm³/mol. The average molecular weight is 431 g/mol. The van der Waals surface area contributed by atoms with Gasteiger partial charge in [0.1, 0.15) is 11.3 Å². The molecule has 3 heterocycles. The number of aromatic nitrogens is 2. The van der Waals surface area contributed by atoms with Crippen LogP contribution in [-0.2, 0) is 4.74 Å². The molecule has 0 saturated carbocycles. The van der Waals surface area contributed by atoms with E-state index in [1.165, 1.54) is 23.2 Å². The van der Waals surface area contributed by atoms with Crippen molar-refractivity contribution in [3.05, 3.63) is 41.8 Å². The van der Waals surface area contributed by atoms with Crippen molar-refractivity contribution in [2.24, 2.45) is 0 Å². The maximum atomic E-state index is 14.0. The highest BCUT2D eigenvalue weighted by molar-refractivity contribution is 7.22. The van der Waals surface area contributed by atoms with Gasteiger partial charge < -0.3 is 9.26 Å². The summed E-state index contributed by atoms with van der Waals surface area (Å²) in [5.74, 6) is -1.81. The van der Waals surface area contributed by atoms with E-state index in [1.807, 2.05) is 0 Å². The van der Waals surface area contributed by atoms with Crippen LogP contribution in [0.4, 0.5) is 13.9 Å². The molecule has 0 radical (unpaired) electrons. The third kappa shape index (κ3) is 4.30. The summed E-state index contributed by atoms with van der Waals surface area (Å²) in [6.07, 6.45) is 1.38. The second-order valence-corrected chi connectivity index (χ2v) is 7.03. The molecular formula is C17H17ClF2N4O3S. The molecular weight excluding hydrogens is 414 g/mol. The smallest absolute Gasteiger partial charge is 0.298 e. The number of halogens is 3. The Kier molecular flexibility index (Phi) is 6.55.